The van der Waals surface area contributed by atoms with Gasteiger partial charge >= 0.3 is 0 Å². The summed E-state index contributed by atoms with van der Waals surface area (Å²) in [5, 5.41) is 5.85. The minimum absolute atomic E-state index is 0. The van der Waals surface area contributed by atoms with Crippen LogP contribution in [0, 0.1) is 5.92 Å². The Morgan fingerprint density at radius 2 is 1.83 bits per heavy atom. The molecule has 1 aromatic rings. The van der Waals surface area contributed by atoms with Crippen molar-refractivity contribution in [3.8, 4) is 5.75 Å². The third-order valence-electron chi connectivity index (χ3n) is 4.17. The fourth-order valence-corrected chi connectivity index (χ4v) is 2.73. The van der Waals surface area contributed by atoms with E-state index in [0.717, 1.165) is 24.2 Å². The molecule has 1 aliphatic rings. The van der Waals surface area contributed by atoms with Gasteiger partial charge in [0.1, 0.15) is 5.75 Å². The van der Waals surface area contributed by atoms with E-state index in [2.05, 4.69) is 10.6 Å². The molecule has 1 fully saturated rings. The second-order valence-electron chi connectivity index (χ2n) is 5.75. The smallest absolute Gasteiger partial charge is 0.236 e. The maximum atomic E-state index is 12.2. The van der Waals surface area contributed by atoms with Crippen molar-refractivity contribution in [2.75, 3.05) is 33.8 Å². The van der Waals surface area contributed by atoms with Gasteiger partial charge < -0.3 is 20.3 Å². The molecule has 2 rings (SSSR count). The van der Waals surface area contributed by atoms with E-state index in [-0.39, 0.29) is 30.1 Å². The number of methoxy groups -OCH3 is 1. The third kappa shape index (κ3) is 5.69. The van der Waals surface area contributed by atoms with Crippen LogP contribution in [0.2, 0.25) is 0 Å². The van der Waals surface area contributed by atoms with Crippen LogP contribution in [0.25, 0.3) is 0 Å². The molecule has 0 aromatic heterocycles. The number of nitrogens with one attached hydrogen (secondary N) is 2. The van der Waals surface area contributed by atoms with Crippen LogP contribution in [-0.2, 0) is 16.1 Å². The predicted octanol–water partition coefficient (Wildman–Crippen LogP) is 1.19. The van der Waals surface area contributed by atoms with E-state index >= 15 is 0 Å². The van der Waals surface area contributed by atoms with Crippen molar-refractivity contribution in [2.24, 2.45) is 5.92 Å². The lowest BCUT2D eigenvalue weighted by Gasteiger charge is -2.31. The summed E-state index contributed by atoms with van der Waals surface area (Å²) in [4.78, 5) is 25.9. The lowest BCUT2D eigenvalue weighted by Crippen LogP contribution is -2.45. The molecule has 134 valence electrons. The van der Waals surface area contributed by atoms with E-state index in [1.165, 1.54) is 0 Å². The number of amides is 2. The lowest BCUT2D eigenvalue weighted by atomic mass is 9.95. The molecule has 1 aliphatic heterocycles. The van der Waals surface area contributed by atoms with Gasteiger partial charge in [-0.15, -0.1) is 12.4 Å². The first-order chi connectivity index (χ1) is 11.1. The van der Waals surface area contributed by atoms with Gasteiger partial charge in [0.15, 0.2) is 0 Å². The van der Waals surface area contributed by atoms with Crippen LogP contribution in [0.4, 0.5) is 0 Å². The fourth-order valence-electron chi connectivity index (χ4n) is 2.73. The van der Waals surface area contributed by atoms with Gasteiger partial charge in [-0.1, -0.05) is 12.1 Å². The number of carbonyl (C=O) groups is 2. The zero-order valence-electron chi connectivity index (χ0n) is 14.2. The second-order valence-corrected chi connectivity index (χ2v) is 5.75. The quantitative estimate of drug-likeness (QED) is 0.804. The summed E-state index contributed by atoms with van der Waals surface area (Å²) in [6.07, 6.45) is 1.45. The molecule has 0 spiro atoms. The van der Waals surface area contributed by atoms with Gasteiger partial charge in [0.05, 0.1) is 13.7 Å². The zero-order valence-corrected chi connectivity index (χ0v) is 15.0. The number of piperidine rings is 1. The van der Waals surface area contributed by atoms with Gasteiger partial charge in [-0.25, -0.2) is 0 Å². The molecule has 6 nitrogen and oxygen atoms in total. The molecular weight excluding hydrogens is 330 g/mol. The molecule has 24 heavy (non-hydrogen) atoms. The van der Waals surface area contributed by atoms with Crippen LogP contribution in [0.5, 0.6) is 5.75 Å². The highest BCUT2D eigenvalue weighted by atomic mass is 35.5. The van der Waals surface area contributed by atoms with Crippen molar-refractivity contribution in [3.63, 3.8) is 0 Å². The van der Waals surface area contributed by atoms with Gasteiger partial charge in [0.25, 0.3) is 0 Å². The van der Waals surface area contributed by atoms with E-state index in [0.29, 0.717) is 26.2 Å². The molecule has 0 unspecified atom stereocenters. The summed E-state index contributed by atoms with van der Waals surface area (Å²) in [5.74, 6) is 0.969. The summed E-state index contributed by atoms with van der Waals surface area (Å²) in [5.41, 5.74) is 1.04. The maximum Gasteiger partial charge on any atom is 0.236 e. The summed E-state index contributed by atoms with van der Waals surface area (Å²) in [6, 6.07) is 7.65. The summed E-state index contributed by atoms with van der Waals surface area (Å²) < 4.78 is 5.11. The highest BCUT2D eigenvalue weighted by molar-refractivity contribution is 5.85. The Kier molecular flexibility index (Phi) is 8.57. The van der Waals surface area contributed by atoms with Gasteiger partial charge in [0.2, 0.25) is 11.8 Å². The lowest BCUT2D eigenvalue weighted by molar-refractivity contribution is -0.134. The molecule has 1 aromatic carbocycles. The number of hydrogen-bond acceptors (Lipinski definition) is 4. The average Bonchev–Trinajstić information content (AvgIpc) is 2.60. The predicted molar refractivity (Wildman–Crippen MR) is 95.3 cm³/mol. The van der Waals surface area contributed by atoms with Crippen LogP contribution >= 0.6 is 12.4 Å². The van der Waals surface area contributed by atoms with Gasteiger partial charge in [-0.05, 0) is 37.6 Å². The van der Waals surface area contributed by atoms with Gasteiger partial charge in [0, 0.05) is 25.6 Å². The van der Waals surface area contributed by atoms with Crippen molar-refractivity contribution in [1.82, 2.24) is 15.5 Å². The molecule has 2 N–H and O–H groups in total. The number of likely N-dealkylation sites (tertiary alicyclic amines) is 1. The Balaban J connectivity index is 0.00000288. The van der Waals surface area contributed by atoms with E-state index in [1.807, 2.05) is 29.2 Å². The molecule has 7 heteroatoms. The molecular formula is C17H26ClN3O3. The average molecular weight is 356 g/mol. The molecule has 2 amide bonds. The number of ether oxygens (including phenoxy) is 1. The number of hydrogen-bond donors (Lipinski definition) is 2. The van der Waals surface area contributed by atoms with E-state index < -0.39 is 0 Å². The zero-order chi connectivity index (χ0) is 16.7. The number of carbonyl (C=O) groups excluding carboxylic acids is 2. The normalized spacial score (nSPS) is 14.7. The van der Waals surface area contributed by atoms with Crippen molar-refractivity contribution in [3.05, 3.63) is 29.8 Å². The van der Waals surface area contributed by atoms with Crippen molar-refractivity contribution >= 4 is 24.2 Å². The van der Waals surface area contributed by atoms with Crippen LogP contribution in [-0.4, -0.2) is 50.5 Å². The maximum absolute atomic E-state index is 12.2. The minimum atomic E-state index is -0.00751. The van der Waals surface area contributed by atoms with Crippen LogP contribution in [0.1, 0.15) is 18.4 Å². The van der Waals surface area contributed by atoms with Crippen molar-refractivity contribution < 1.29 is 14.3 Å². The number of likely N-dealkylation sites (N-methyl/N-ethyl adjacent to an activating group) is 1. The largest absolute Gasteiger partial charge is 0.497 e. The molecule has 0 radical (unpaired) electrons. The van der Waals surface area contributed by atoms with Crippen molar-refractivity contribution in [2.45, 2.75) is 19.4 Å². The number of nitrogens with zero attached hydrogens (tertiary/aromatic N) is 1. The Morgan fingerprint density at radius 3 is 2.38 bits per heavy atom. The Hall–Kier alpha value is -1.79. The summed E-state index contributed by atoms with van der Waals surface area (Å²) >= 11 is 0. The number of benzene rings is 1. The van der Waals surface area contributed by atoms with Crippen LogP contribution in [0.15, 0.2) is 24.3 Å². The first kappa shape index (κ1) is 20.3. The monoisotopic (exact) mass is 355 g/mol. The molecule has 0 bridgehead atoms. The third-order valence-corrected chi connectivity index (χ3v) is 4.17. The van der Waals surface area contributed by atoms with Gasteiger partial charge in [-0.3, -0.25) is 9.59 Å². The Bertz CT molecular complexity index is 528. The SMILES string of the molecule is CNCC(=O)N1CCC(C(=O)NCc2ccc(OC)cc2)CC1.Cl. The second kappa shape index (κ2) is 10.2. The standard InChI is InChI=1S/C17H25N3O3.ClH/c1-18-12-16(21)20-9-7-14(8-10-20)17(22)19-11-13-3-5-15(23-2)6-4-13;/h3-6,14,18H,7-12H2,1-2H3,(H,19,22);1H. The summed E-state index contributed by atoms with van der Waals surface area (Å²) in [7, 11) is 3.39. The molecule has 0 saturated carbocycles. The highest BCUT2D eigenvalue weighted by Gasteiger charge is 2.26. The van der Waals surface area contributed by atoms with Crippen LogP contribution < -0.4 is 15.4 Å². The van der Waals surface area contributed by atoms with Gasteiger partial charge in [-0.2, -0.15) is 0 Å². The molecule has 0 aliphatic carbocycles. The van der Waals surface area contributed by atoms with E-state index in [9.17, 15) is 9.59 Å². The molecule has 1 heterocycles. The van der Waals surface area contributed by atoms with Crippen molar-refractivity contribution in [1.29, 1.82) is 0 Å². The topological polar surface area (TPSA) is 70.7 Å². The number of halogens is 1. The number of rotatable bonds is 6. The van der Waals surface area contributed by atoms with E-state index in [4.69, 9.17) is 4.74 Å². The van der Waals surface area contributed by atoms with E-state index in [1.54, 1.807) is 14.2 Å². The minimum Gasteiger partial charge on any atom is -0.497 e. The summed E-state index contributed by atoms with van der Waals surface area (Å²) in [6.45, 7) is 2.18. The fraction of sp³-hybridized carbons (Fsp3) is 0.529. The molecule has 0 atom stereocenters. The molecule has 1 saturated heterocycles. The van der Waals surface area contributed by atoms with Crippen LogP contribution in [0.3, 0.4) is 0 Å². The first-order valence-electron chi connectivity index (χ1n) is 7.97. The first-order valence-corrected chi connectivity index (χ1v) is 7.97. The highest BCUT2D eigenvalue weighted by Crippen LogP contribution is 2.18. The Labute approximate surface area is 149 Å². The Morgan fingerprint density at radius 1 is 1.21 bits per heavy atom.